The number of rotatable bonds is 5. The van der Waals surface area contributed by atoms with E-state index in [4.69, 9.17) is 4.74 Å². The summed E-state index contributed by atoms with van der Waals surface area (Å²) in [7, 11) is 0. The highest BCUT2D eigenvalue weighted by molar-refractivity contribution is 6.14. The third kappa shape index (κ3) is 5.34. The summed E-state index contributed by atoms with van der Waals surface area (Å²) in [6.45, 7) is 0. The molecular weight excluding hydrogens is 679 g/mol. The van der Waals surface area contributed by atoms with Crippen molar-refractivity contribution < 1.29 is 4.74 Å². The third-order valence-electron chi connectivity index (χ3n) is 11.3. The van der Waals surface area contributed by atoms with E-state index in [9.17, 15) is 0 Å². The predicted molar refractivity (Wildman–Crippen MR) is 235 cm³/mol. The van der Waals surface area contributed by atoms with Crippen LogP contribution >= 0.6 is 0 Å². The van der Waals surface area contributed by atoms with E-state index in [0.29, 0.717) is 0 Å². The van der Waals surface area contributed by atoms with Crippen molar-refractivity contribution in [3.63, 3.8) is 0 Å². The summed E-state index contributed by atoms with van der Waals surface area (Å²) >= 11 is 0. The highest BCUT2D eigenvalue weighted by atomic mass is 16.5. The van der Waals surface area contributed by atoms with E-state index in [2.05, 4.69) is 211 Å². The van der Waals surface area contributed by atoms with Gasteiger partial charge in [0.1, 0.15) is 11.5 Å². The molecule has 0 unspecified atom stereocenters. The summed E-state index contributed by atoms with van der Waals surface area (Å²) < 4.78 is 6.76. The number of benzene rings is 10. The van der Waals surface area contributed by atoms with Crippen molar-refractivity contribution in [3.05, 3.63) is 212 Å². The van der Waals surface area contributed by atoms with E-state index in [1.807, 2.05) is 6.07 Å². The Labute approximate surface area is 326 Å². The second kappa shape index (κ2) is 13.2. The van der Waals surface area contributed by atoms with Crippen molar-refractivity contribution in [1.82, 2.24) is 0 Å². The van der Waals surface area contributed by atoms with Gasteiger partial charge >= 0.3 is 0 Å². The van der Waals surface area contributed by atoms with Gasteiger partial charge in [-0.1, -0.05) is 158 Å². The summed E-state index contributed by atoms with van der Waals surface area (Å²) in [4.78, 5) is 2.36. The van der Waals surface area contributed by atoms with E-state index in [1.54, 1.807) is 0 Å². The van der Waals surface area contributed by atoms with Gasteiger partial charge in [-0.25, -0.2) is 0 Å². The van der Waals surface area contributed by atoms with E-state index in [1.165, 1.54) is 65.7 Å². The van der Waals surface area contributed by atoms with Crippen molar-refractivity contribution in [2.75, 3.05) is 4.90 Å². The lowest BCUT2D eigenvalue weighted by atomic mass is 9.89. The second-order valence-electron chi connectivity index (χ2n) is 14.5. The van der Waals surface area contributed by atoms with Gasteiger partial charge in [0, 0.05) is 33.8 Å². The van der Waals surface area contributed by atoms with Crippen LogP contribution in [0.2, 0.25) is 0 Å². The average Bonchev–Trinajstić information content (AvgIpc) is 3.41. The molecule has 1 aliphatic rings. The highest BCUT2D eigenvalue weighted by Crippen LogP contribution is 2.51. The van der Waals surface area contributed by atoms with Gasteiger partial charge in [-0.2, -0.15) is 0 Å². The third-order valence-corrected chi connectivity index (χ3v) is 11.3. The van der Waals surface area contributed by atoms with Crippen molar-refractivity contribution in [1.29, 1.82) is 0 Å². The minimum Gasteiger partial charge on any atom is -0.456 e. The lowest BCUT2D eigenvalue weighted by Crippen LogP contribution is -2.10. The molecule has 0 aromatic heterocycles. The Morgan fingerprint density at radius 3 is 1.64 bits per heavy atom. The summed E-state index contributed by atoms with van der Waals surface area (Å²) in [6, 6.07) is 76.4. The van der Waals surface area contributed by atoms with Crippen LogP contribution in [0.15, 0.2) is 212 Å². The minimum absolute atomic E-state index is 0.842. The highest BCUT2D eigenvalue weighted by Gasteiger charge is 2.25. The van der Waals surface area contributed by atoms with Crippen LogP contribution in [0.1, 0.15) is 0 Å². The van der Waals surface area contributed by atoms with Gasteiger partial charge in [0.15, 0.2) is 0 Å². The molecule has 2 nitrogen and oxygen atoms in total. The van der Waals surface area contributed by atoms with Crippen LogP contribution in [0.4, 0.5) is 17.1 Å². The molecule has 1 aliphatic heterocycles. The molecule has 2 heteroatoms. The zero-order valence-electron chi connectivity index (χ0n) is 30.6. The van der Waals surface area contributed by atoms with Crippen LogP contribution in [-0.4, -0.2) is 0 Å². The van der Waals surface area contributed by atoms with Crippen molar-refractivity contribution >= 4 is 49.4 Å². The molecule has 11 rings (SSSR count). The maximum absolute atomic E-state index is 6.76. The molecular formula is C54H35NO. The van der Waals surface area contributed by atoms with Gasteiger partial charge in [0.05, 0.1) is 0 Å². The molecule has 10 aromatic carbocycles. The van der Waals surface area contributed by atoms with Crippen LogP contribution < -0.4 is 9.64 Å². The Balaban J connectivity index is 1.09. The summed E-state index contributed by atoms with van der Waals surface area (Å²) in [6.07, 6.45) is 0. The fraction of sp³-hybridized carbons (Fsp3) is 0. The van der Waals surface area contributed by atoms with Gasteiger partial charge in [-0.3, -0.25) is 0 Å². The zero-order valence-corrected chi connectivity index (χ0v) is 30.6. The first-order valence-corrected chi connectivity index (χ1v) is 19.2. The van der Waals surface area contributed by atoms with Gasteiger partial charge in [0.2, 0.25) is 0 Å². The number of fused-ring (bicyclic) bond motifs is 10. The number of ether oxygens (including phenoxy) is 1. The Hall–Kier alpha value is -7.42. The van der Waals surface area contributed by atoms with Crippen LogP contribution in [0.5, 0.6) is 11.5 Å². The monoisotopic (exact) mass is 713 g/mol. The Bertz CT molecular complexity index is 3090. The minimum atomic E-state index is 0.842. The van der Waals surface area contributed by atoms with E-state index >= 15 is 0 Å². The Kier molecular flexibility index (Phi) is 7.53. The zero-order chi connectivity index (χ0) is 37.0. The maximum Gasteiger partial charge on any atom is 0.135 e. The molecule has 0 saturated heterocycles. The van der Waals surface area contributed by atoms with Crippen LogP contribution in [-0.2, 0) is 0 Å². The quantitative estimate of drug-likeness (QED) is 0.165. The second-order valence-corrected chi connectivity index (χ2v) is 14.5. The molecule has 0 spiro atoms. The van der Waals surface area contributed by atoms with Crippen LogP contribution in [0, 0.1) is 0 Å². The Morgan fingerprint density at radius 1 is 0.286 bits per heavy atom. The molecule has 1 heterocycles. The molecule has 0 radical (unpaired) electrons. The first kappa shape index (κ1) is 32.0. The topological polar surface area (TPSA) is 12.5 Å². The van der Waals surface area contributed by atoms with Gasteiger partial charge in [0.25, 0.3) is 0 Å². The van der Waals surface area contributed by atoms with Gasteiger partial charge in [-0.05, 0) is 115 Å². The maximum atomic E-state index is 6.76. The smallest absolute Gasteiger partial charge is 0.135 e. The molecule has 0 fully saturated rings. The normalized spacial score (nSPS) is 11.7. The molecule has 0 amide bonds. The lowest BCUT2D eigenvalue weighted by Gasteiger charge is -2.27. The summed E-state index contributed by atoms with van der Waals surface area (Å²) in [5.41, 5.74) is 12.5. The summed E-state index contributed by atoms with van der Waals surface area (Å²) in [5.74, 6) is 1.70. The molecule has 0 atom stereocenters. The van der Waals surface area contributed by atoms with Gasteiger partial charge in [-0.15, -0.1) is 0 Å². The fourth-order valence-electron chi connectivity index (χ4n) is 8.59. The molecule has 56 heavy (non-hydrogen) atoms. The number of hydrogen-bond acceptors (Lipinski definition) is 2. The molecule has 0 aliphatic carbocycles. The van der Waals surface area contributed by atoms with E-state index in [0.717, 1.165) is 39.7 Å². The first-order valence-electron chi connectivity index (χ1n) is 19.2. The lowest BCUT2D eigenvalue weighted by molar-refractivity contribution is 0.488. The largest absolute Gasteiger partial charge is 0.456 e. The predicted octanol–water partition coefficient (Wildman–Crippen LogP) is 15.4. The fourth-order valence-corrected chi connectivity index (χ4v) is 8.59. The molecule has 0 N–H and O–H groups in total. The van der Waals surface area contributed by atoms with E-state index in [-0.39, 0.29) is 0 Å². The number of para-hydroxylation sites is 1. The first-order chi connectivity index (χ1) is 27.8. The number of nitrogens with zero attached hydrogens (tertiary/aromatic N) is 1. The van der Waals surface area contributed by atoms with Crippen LogP contribution in [0.25, 0.3) is 76.8 Å². The van der Waals surface area contributed by atoms with Crippen molar-refractivity contribution in [2.45, 2.75) is 0 Å². The van der Waals surface area contributed by atoms with Crippen LogP contribution in [0.3, 0.4) is 0 Å². The number of hydrogen-bond donors (Lipinski definition) is 0. The Morgan fingerprint density at radius 2 is 0.857 bits per heavy atom. The average molecular weight is 714 g/mol. The molecule has 0 saturated carbocycles. The molecule has 0 bridgehead atoms. The van der Waals surface area contributed by atoms with Crippen molar-refractivity contribution in [3.8, 4) is 56.0 Å². The summed E-state index contributed by atoms with van der Waals surface area (Å²) in [5, 5.41) is 7.45. The molecule has 10 aromatic rings. The van der Waals surface area contributed by atoms with E-state index < -0.39 is 0 Å². The van der Waals surface area contributed by atoms with Gasteiger partial charge < -0.3 is 9.64 Å². The molecule has 262 valence electrons. The SMILES string of the molecule is c1ccc(-c2ccc(N(c3ccc(-c4cc5ccccc5c5ccccc45)cc3)c3ccc4c(c3)-c3c(ccc5ccccc35)-c3ccccc3O4)cc2)cc1. The number of anilines is 3. The standard InChI is InChI=1S/C54H35NO/c1-2-12-36(13-3-1)37-22-27-41(28-23-37)55(42-29-24-39(25-30-42)50-34-40-15-5-6-16-44(40)46-18-8-9-19-47(46)50)43-31-33-53-51(35-43)54-45-17-7-4-14-38(45)26-32-49(54)48-20-10-11-21-52(48)56-53/h1-35H. The van der Waals surface area contributed by atoms with Crippen molar-refractivity contribution in [2.24, 2.45) is 0 Å².